The molecule has 1 saturated carbocycles. The molecule has 0 bridgehead atoms. The molecule has 0 atom stereocenters. The van der Waals surface area contributed by atoms with Gasteiger partial charge in [-0.2, -0.15) is 0 Å². The van der Waals surface area contributed by atoms with Crippen LogP contribution in [0.25, 0.3) is 0 Å². The minimum absolute atomic E-state index is 0.116. The summed E-state index contributed by atoms with van der Waals surface area (Å²) in [6.45, 7) is 5.13. The molecule has 2 fully saturated rings. The van der Waals surface area contributed by atoms with Gasteiger partial charge in [0.1, 0.15) is 0 Å². The quantitative estimate of drug-likeness (QED) is 0.868. The van der Waals surface area contributed by atoms with Crippen LogP contribution in [0.3, 0.4) is 0 Å². The number of likely N-dealkylation sites (N-methyl/N-ethyl adjacent to an activating group) is 1. The molecule has 0 aromatic carbocycles. The predicted octanol–water partition coefficient (Wildman–Crippen LogP) is 2.72. The van der Waals surface area contributed by atoms with E-state index < -0.39 is 0 Å². The maximum Gasteiger partial charge on any atom is 0.287 e. The highest BCUT2D eigenvalue weighted by molar-refractivity contribution is 9.10. The highest BCUT2D eigenvalue weighted by Crippen LogP contribution is 2.34. The maximum atomic E-state index is 12.3. The van der Waals surface area contributed by atoms with Gasteiger partial charge in [-0.05, 0) is 48.0 Å². The first kappa shape index (κ1) is 17.0. The smallest absolute Gasteiger partial charge is 0.287 e. The fraction of sp³-hybridized carbons (Fsp3) is 0.706. The Kier molecular flexibility index (Phi) is 5.44. The second kappa shape index (κ2) is 7.36. The van der Waals surface area contributed by atoms with E-state index in [1.54, 1.807) is 12.1 Å². The largest absolute Gasteiger partial charge is 0.444 e. The summed E-state index contributed by atoms with van der Waals surface area (Å²) in [7, 11) is 2.18. The highest BCUT2D eigenvalue weighted by Gasteiger charge is 2.39. The van der Waals surface area contributed by atoms with Crippen molar-refractivity contribution in [2.45, 2.75) is 37.6 Å². The van der Waals surface area contributed by atoms with Crippen molar-refractivity contribution in [3.63, 3.8) is 0 Å². The standard InChI is InChI=1S/C17H26BrN3O2/c1-20-9-11-21(12-10-20)17(7-3-2-4-8-17)13-19-16(22)14-5-6-15(18)23-14/h5-6H,2-4,7-13H2,1H3,(H,19,22). The summed E-state index contributed by atoms with van der Waals surface area (Å²) in [4.78, 5) is 17.3. The van der Waals surface area contributed by atoms with E-state index in [1.165, 1.54) is 32.1 Å². The molecule has 2 aliphatic rings. The first-order valence-corrected chi connectivity index (χ1v) is 9.35. The van der Waals surface area contributed by atoms with Crippen LogP contribution in [0.2, 0.25) is 0 Å². The average Bonchev–Trinajstić information content (AvgIpc) is 3.01. The Hall–Kier alpha value is -0.850. The van der Waals surface area contributed by atoms with Crippen molar-refractivity contribution >= 4 is 21.8 Å². The molecule has 1 aromatic heterocycles. The van der Waals surface area contributed by atoms with E-state index in [9.17, 15) is 4.79 Å². The molecule has 2 heterocycles. The number of amides is 1. The van der Waals surface area contributed by atoms with E-state index >= 15 is 0 Å². The van der Waals surface area contributed by atoms with Crippen LogP contribution in [0.4, 0.5) is 0 Å². The molecule has 5 nitrogen and oxygen atoms in total. The Labute approximate surface area is 146 Å². The molecule has 6 heteroatoms. The number of furan rings is 1. The Morgan fingerprint density at radius 1 is 1.22 bits per heavy atom. The van der Waals surface area contributed by atoms with Crippen LogP contribution in [-0.2, 0) is 0 Å². The van der Waals surface area contributed by atoms with Gasteiger partial charge >= 0.3 is 0 Å². The van der Waals surface area contributed by atoms with E-state index in [2.05, 4.69) is 38.1 Å². The third-order valence-electron chi connectivity index (χ3n) is 5.33. The van der Waals surface area contributed by atoms with Gasteiger partial charge in [-0.15, -0.1) is 0 Å². The molecule has 23 heavy (non-hydrogen) atoms. The molecule has 1 saturated heterocycles. The average molecular weight is 384 g/mol. The van der Waals surface area contributed by atoms with E-state index in [0.29, 0.717) is 17.0 Å². The number of carbonyl (C=O) groups excluding carboxylic acids is 1. The summed E-state index contributed by atoms with van der Waals surface area (Å²) >= 11 is 3.25. The minimum atomic E-state index is -0.116. The molecule has 0 unspecified atom stereocenters. The Bertz CT molecular complexity index is 532. The number of piperazine rings is 1. The van der Waals surface area contributed by atoms with Gasteiger partial charge < -0.3 is 14.6 Å². The monoisotopic (exact) mass is 383 g/mol. The Morgan fingerprint density at radius 3 is 2.52 bits per heavy atom. The number of carbonyl (C=O) groups is 1. The highest BCUT2D eigenvalue weighted by atomic mass is 79.9. The molecule has 0 spiro atoms. The number of halogens is 1. The minimum Gasteiger partial charge on any atom is -0.444 e. The summed E-state index contributed by atoms with van der Waals surface area (Å²) < 4.78 is 5.95. The molecule has 0 radical (unpaired) electrons. The van der Waals surface area contributed by atoms with Crippen LogP contribution < -0.4 is 5.32 Å². The molecule has 1 N–H and O–H groups in total. The van der Waals surface area contributed by atoms with Gasteiger partial charge in [0.15, 0.2) is 10.4 Å². The van der Waals surface area contributed by atoms with Gasteiger partial charge in [0.05, 0.1) is 0 Å². The summed E-state index contributed by atoms with van der Waals surface area (Å²) in [6, 6.07) is 3.47. The van der Waals surface area contributed by atoms with Crippen molar-refractivity contribution in [1.29, 1.82) is 0 Å². The number of nitrogens with zero attached hydrogens (tertiary/aromatic N) is 2. The fourth-order valence-corrected chi connectivity index (χ4v) is 4.17. The van der Waals surface area contributed by atoms with Gasteiger partial charge in [0.25, 0.3) is 5.91 Å². The molecule has 128 valence electrons. The van der Waals surface area contributed by atoms with Gasteiger partial charge in [0.2, 0.25) is 0 Å². The van der Waals surface area contributed by atoms with Crippen LogP contribution >= 0.6 is 15.9 Å². The summed E-state index contributed by atoms with van der Waals surface area (Å²) in [5.41, 5.74) is 0.124. The van der Waals surface area contributed by atoms with E-state index in [0.717, 1.165) is 26.2 Å². The first-order chi connectivity index (χ1) is 11.1. The molecular weight excluding hydrogens is 358 g/mol. The van der Waals surface area contributed by atoms with Gasteiger partial charge in [-0.3, -0.25) is 9.69 Å². The van der Waals surface area contributed by atoms with Crippen LogP contribution in [0, 0.1) is 0 Å². The second-order valence-electron chi connectivity index (χ2n) is 6.86. The predicted molar refractivity (Wildman–Crippen MR) is 93.6 cm³/mol. The zero-order valence-corrected chi connectivity index (χ0v) is 15.4. The number of hydrogen-bond donors (Lipinski definition) is 1. The summed E-state index contributed by atoms with van der Waals surface area (Å²) in [6.07, 6.45) is 6.19. The van der Waals surface area contributed by atoms with Crippen LogP contribution in [0.5, 0.6) is 0 Å². The maximum absolute atomic E-state index is 12.3. The Balaban J connectivity index is 1.65. The molecule has 1 aliphatic heterocycles. The normalized spacial score (nSPS) is 22.9. The third-order valence-corrected chi connectivity index (χ3v) is 5.76. The van der Waals surface area contributed by atoms with Crippen molar-refractivity contribution in [2.24, 2.45) is 0 Å². The zero-order valence-electron chi connectivity index (χ0n) is 13.8. The Morgan fingerprint density at radius 2 is 1.91 bits per heavy atom. The molecule has 1 aromatic rings. The number of hydrogen-bond acceptors (Lipinski definition) is 4. The number of rotatable bonds is 4. The summed E-state index contributed by atoms with van der Waals surface area (Å²) in [5, 5.41) is 3.12. The number of nitrogens with one attached hydrogen (secondary N) is 1. The molecular formula is C17H26BrN3O2. The lowest BCUT2D eigenvalue weighted by atomic mass is 9.79. The molecule has 1 amide bonds. The van der Waals surface area contributed by atoms with E-state index in [1.807, 2.05) is 0 Å². The third kappa shape index (κ3) is 3.98. The van der Waals surface area contributed by atoms with Gasteiger partial charge in [0, 0.05) is 38.3 Å². The van der Waals surface area contributed by atoms with Crippen LogP contribution in [0.1, 0.15) is 42.7 Å². The SMILES string of the molecule is CN1CCN(C2(CNC(=O)c3ccc(Br)o3)CCCCC2)CC1. The van der Waals surface area contributed by atoms with Crippen molar-refractivity contribution in [1.82, 2.24) is 15.1 Å². The lowest BCUT2D eigenvalue weighted by molar-refractivity contribution is 0.0136. The van der Waals surface area contributed by atoms with Gasteiger partial charge in [-0.1, -0.05) is 19.3 Å². The van der Waals surface area contributed by atoms with Crippen LogP contribution in [0.15, 0.2) is 21.2 Å². The second-order valence-corrected chi connectivity index (χ2v) is 7.64. The fourth-order valence-electron chi connectivity index (χ4n) is 3.86. The van der Waals surface area contributed by atoms with E-state index in [4.69, 9.17) is 4.42 Å². The van der Waals surface area contributed by atoms with Crippen LogP contribution in [-0.4, -0.2) is 61.0 Å². The first-order valence-electron chi connectivity index (χ1n) is 8.56. The lowest BCUT2D eigenvalue weighted by Crippen LogP contribution is -2.61. The van der Waals surface area contributed by atoms with Gasteiger partial charge in [-0.25, -0.2) is 0 Å². The zero-order chi connectivity index (χ0) is 16.3. The van der Waals surface area contributed by atoms with Crippen molar-refractivity contribution in [2.75, 3.05) is 39.8 Å². The topological polar surface area (TPSA) is 48.7 Å². The van der Waals surface area contributed by atoms with Crippen molar-refractivity contribution < 1.29 is 9.21 Å². The summed E-state index contributed by atoms with van der Waals surface area (Å²) in [5.74, 6) is 0.260. The van der Waals surface area contributed by atoms with Crippen molar-refractivity contribution in [3.05, 3.63) is 22.6 Å². The van der Waals surface area contributed by atoms with E-state index in [-0.39, 0.29) is 11.4 Å². The molecule has 1 aliphatic carbocycles. The lowest BCUT2D eigenvalue weighted by Gasteiger charge is -2.49. The molecule has 3 rings (SSSR count). The van der Waals surface area contributed by atoms with Crippen molar-refractivity contribution in [3.8, 4) is 0 Å².